The molecule has 0 aliphatic carbocycles. The van der Waals surface area contributed by atoms with Crippen LogP contribution < -0.4 is 0 Å². The van der Waals surface area contributed by atoms with Gasteiger partial charge in [0.15, 0.2) is 0 Å². The quantitative estimate of drug-likeness (QED) is 0.375. The minimum absolute atomic E-state index is 0.243. The van der Waals surface area contributed by atoms with Gasteiger partial charge in [-0.05, 0) is 30.9 Å². The summed E-state index contributed by atoms with van der Waals surface area (Å²) in [6.07, 6.45) is 9.00. The monoisotopic (exact) mass is 423 g/mol. The van der Waals surface area contributed by atoms with Gasteiger partial charge in [0.05, 0.1) is 11.7 Å². The summed E-state index contributed by atoms with van der Waals surface area (Å²) < 4.78 is 20.7. The second kappa shape index (κ2) is 8.51. The summed E-state index contributed by atoms with van der Waals surface area (Å²) in [4.78, 5) is 26.5. The molecule has 3 saturated heterocycles. The van der Waals surface area contributed by atoms with E-state index in [-0.39, 0.29) is 11.8 Å². The highest BCUT2D eigenvalue weighted by Gasteiger charge is 2.62. The molecule has 1 unspecified atom stereocenters. The Bertz CT molecular complexity index is 738. The maximum Gasteiger partial charge on any atom is 0.335 e. The lowest BCUT2D eigenvalue weighted by atomic mass is 9.74. The number of ether oxygens (including phenoxy) is 2. The van der Waals surface area contributed by atoms with Gasteiger partial charge in [-0.25, -0.2) is 14.5 Å². The molecule has 28 heavy (non-hydrogen) atoms. The maximum absolute atomic E-state index is 12.2. The van der Waals surface area contributed by atoms with Crippen molar-refractivity contribution in [3.8, 4) is 0 Å². The van der Waals surface area contributed by atoms with Crippen LogP contribution >= 0.6 is 23.5 Å². The summed E-state index contributed by atoms with van der Waals surface area (Å²) in [5.74, 6) is -1.60. The number of aromatic nitrogens is 2. The van der Waals surface area contributed by atoms with Gasteiger partial charge in [-0.1, -0.05) is 26.2 Å². The Morgan fingerprint density at radius 1 is 1.14 bits per heavy atom. The molecule has 0 radical (unpaired) electrons. The average molecular weight is 424 g/mol. The summed E-state index contributed by atoms with van der Waals surface area (Å²) in [6.45, 7) is 3.67. The third kappa shape index (κ3) is 3.71. The van der Waals surface area contributed by atoms with E-state index in [0.29, 0.717) is 0 Å². The summed E-state index contributed by atoms with van der Waals surface area (Å²) in [5, 5.41) is 0.879. The molecule has 0 N–H and O–H groups in total. The van der Waals surface area contributed by atoms with Gasteiger partial charge >= 0.3 is 17.8 Å². The van der Waals surface area contributed by atoms with Gasteiger partial charge in [-0.3, -0.25) is 0 Å². The lowest BCUT2D eigenvalue weighted by molar-refractivity contribution is -0.324. The largest absolute Gasteiger partial charge is 0.404 e. The Hall–Kier alpha value is -1.45. The van der Waals surface area contributed by atoms with E-state index in [1.54, 1.807) is 11.8 Å². The molecule has 7 nitrogen and oxygen atoms in total. The van der Waals surface area contributed by atoms with E-state index >= 15 is 0 Å². The number of rotatable bonds is 7. The molecule has 5 rings (SSSR count). The lowest BCUT2D eigenvalue weighted by Crippen LogP contribution is -2.66. The fourth-order valence-corrected chi connectivity index (χ4v) is 6.11. The number of esters is 2. The van der Waals surface area contributed by atoms with Gasteiger partial charge in [0.25, 0.3) is 0 Å². The van der Waals surface area contributed by atoms with E-state index in [1.165, 1.54) is 31.0 Å². The normalized spacial score (nSPS) is 28.2. The standard InChI is InChI=1S/C19H25N3O4S2/c1-2-3-4-5-12-27-18-17(20-28-21-18)16-13-8-10-22(11-9-13)19(16)25-14(23)6-7-15(24)26-19/h6-7,13,16H,2-5,8-12H2,1H3. The first-order valence-corrected chi connectivity index (χ1v) is 11.7. The van der Waals surface area contributed by atoms with Crippen molar-refractivity contribution >= 4 is 35.4 Å². The lowest BCUT2D eigenvalue weighted by Gasteiger charge is -2.55. The van der Waals surface area contributed by atoms with E-state index in [0.717, 1.165) is 61.0 Å². The molecular formula is C19H25N3O4S2. The van der Waals surface area contributed by atoms with Crippen LogP contribution in [0.15, 0.2) is 17.2 Å². The van der Waals surface area contributed by atoms with Crippen molar-refractivity contribution in [3.63, 3.8) is 0 Å². The number of piperidine rings is 3. The highest BCUT2D eigenvalue weighted by molar-refractivity contribution is 7.99. The Labute approximate surface area is 173 Å². The molecule has 3 fully saturated rings. The molecule has 1 aromatic rings. The van der Waals surface area contributed by atoms with Crippen molar-refractivity contribution in [3.05, 3.63) is 17.8 Å². The van der Waals surface area contributed by atoms with Crippen LogP contribution in [0.1, 0.15) is 57.1 Å². The van der Waals surface area contributed by atoms with Gasteiger partial charge < -0.3 is 9.47 Å². The van der Waals surface area contributed by atoms with Crippen LogP contribution in [-0.2, 0) is 19.1 Å². The first-order valence-electron chi connectivity index (χ1n) is 9.98. The van der Waals surface area contributed by atoms with Gasteiger partial charge in [-0.15, -0.1) is 11.8 Å². The van der Waals surface area contributed by atoms with Gasteiger partial charge in [-0.2, -0.15) is 8.75 Å². The van der Waals surface area contributed by atoms with E-state index in [9.17, 15) is 9.59 Å². The van der Waals surface area contributed by atoms with Crippen molar-refractivity contribution in [1.29, 1.82) is 0 Å². The van der Waals surface area contributed by atoms with E-state index in [4.69, 9.17) is 9.47 Å². The van der Waals surface area contributed by atoms with Crippen LogP contribution in [0.2, 0.25) is 0 Å². The number of carbonyl (C=O) groups excluding carboxylic acids is 2. The maximum atomic E-state index is 12.2. The molecule has 0 aromatic carbocycles. The number of fused-ring (bicyclic) bond motifs is 2. The van der Waals surface area contributed by atoms with E-state index in [2.05, 4.69) is 15.7 Å². The molecule has 9 heteroatoms. The fraction of sp³-hybridized carbons (Fsp3) is 0.684. The predicted molar refractivity (Wildman–Crippen MR) is 106 cm³/mol. The number of hydrogen-bond donors (Lipinski definition) is 0. The minimum atomic E-state index is -1.41. The average Bonchev–Trinajstić information content (AvgIpc) is 3.09. The third-order valence-electron chi connectivity index (χ3n) is 5.71. The number of thioether (sulfide) groups is 1. The molecule has 4 aliphatic heterocycles. The zero-order valence-electron chi connectivity index (χ0n) is 16.0. The number of hydrogen-bond acceptors (Lipinski definition) is 9. The second-order valence-corrected chi connectivity index (χ2v) is 9.08. The number of carbonyl (C=O) groups is 2. The van der Waals surface area contributed by atoms with Crippen LogP contribution in [0.25, 0.3) is 0 Å². The van der Waals surface area contributed by atoms with Crippen molar-refractivity contribution in [2.75, 3.05) is 18.8 Å². The number of nitrogens with zero attached hydrogens (tertiary/aromatic N) is 3. The number of unbranched alkanes of at least 4 members (excludes halogenated alkanes) is 3. The van der Waals surface area contributed by atoms with Crippen LogP contribution in [0.3, 0.4) is 0 Å². The highest BCUT2D eigenvalue weighted by atomic mass is 32.2. The van der Waals surface area contributed by atoms with Crippen molar-refractivity contribution < 1.29 is 19.1 Å². The molecule has 1 atom stereocenters. The van der Waals surface area contributed by atoms with E-state index < -0.39 is 17.8 Å². The molecule has 0 amide bonds. The molecular weight excluding hydrogens is 398 g/mol. The van der Waals surface area contributed by atoms with Crippen molar-refractivity contribution in [2.45, 2.75) is 62.3 Å². The Morgan fingerprint density at radius 3 is 2.54 bits per heavy atom. The van der Waals surface area contributed by atoms with Gasteiger partial charge in [0.2, 0.25) is 0 Å². The Morgan fingerprint density at radius 2 is 1.86 bits per heavy atom. The molecule has 1 spiro atoms. The minimum Gasteiger partial charge on any atom is -0.404 e. The van der Waals surface area contributed by atoms with Crippen molar-refractivity contribution in [1.82, 2.24) is 13.6 Å². The summed E-state index contributed by atoms with van der Waals surface area (Å²) in [6, 6.07) is 0. The first kappa shape index (κ1) is 19.8. The fourth-order valence-electron chi connectivity index (χ4n) is 4.38. The third-order valence-corrected chi connectivity index (χ3v) is 7.43. The Balaban J connectivity index is 1.61. The smallest absolute Gasteiger partial charge is 0.335 e. The predicted octanol–water partition coefficient (Wildman–Crippen LogP) is 3.33. The summed E-state index contributed by atoms with van der Waals surface area (Å²) in [7, 11) is 0. The van der Waals surface area contributed by atoms with Crippen LogP contribution in [-0.4, -0.2) is 50.3 Å². The molecule has 5 heterocycles. The molecule has 1 aromatic heterocycles. The summed E-state index contributed by atoms with van der Waals surface area (Å²) in [5.41, 5.74) is 0.808. The molecule has 0 saturated carbocycles. The van der Waals surface area contributed by atoms with E-state index in [1.807, 2.05) is 4.90 Å². The Kier molecular flexibility index (Phi) is 6.03. The molecule has 4 aliphatic rings. The van der Waals surface area contributed by atoms with Gasteiger partial charge in [0.1, 0.15) is 16.6 Å². The zero-order valence-corrected chi connectivity index (χ0v) is 17.6. The van der Waals surface area contributed by atoms with Crippen molar-refractivity contribution in [2.24, 2.45) is 5.92 Å². The van der Waals surface area contributed by atoms with Crippen LogP contribution in [0.4, 0.5) is 0 Å². The van der Waals surface area contributed by atoms with Crippen LogP contribution in [0.5, 0.6) is 0 Å². The topological polar surface area (TPSA) is 81.6 Å². The second-order valence-electron chi connectivity index (χ2n) is 7.47. The SMILES string of the molecule is CCCCCCSc1nsnc1C1C2CCN(CC2)C12OC(=O)C=CC(=O)O2. The van der Waals surface area contributed by atoms with Gasteiger partial charge in [0, 0.05) is 25.2 Å². The zero-order chi connectivity index (χ0) is 19.6. The molecule has 152 valence electrons. The highest BCUT2D eigenvalue weighted by Crippen LogP contribution is 2.52. The summed E-state index contributed by atoms with van der Waals surface area (Å²) >= 11 is 2.87. The molecule has 2 bridgehead atoms. The van der Waals surface area contributed by atoms with Crippen LogP contribution in [0, 0.1) is 5.92 Å². The first-order chi connectivity index (χ1) is 13.6.